The van der Waals surface area contributed by atoms with Crippen molar-refractivity contribution in [2.75, 3.05) is 6.54 Å². The first-order chi connectivity index (χ1) is 10.2. The monoisotopic (exact) mass is 366 g/mol. The molecule has 0 fully saturated rings. The molecule has 21 heavy (non-hydrogen) atoms. The third-order valence-corrected chi connectivity index (χ3v) is 5.55. The summed E-state index contributed by atoms with van der Waals surface area (Å²) in [5.41, 5.74) is 7.77. The van der Waals surface area contributed by atoms with Crippen LogP contribution in [0.5, 0.6) is 0 Å². The number of hydrogen-bond acceptors (Lipinski definition) is 3. The van der Waals surface area contributed by atoms with Gasteiger partial charge in [0.05, 0.1) is 6.04 Å². The first-order valence-electron chi connectivity index (χ1n) is 7.43. The highest BCUT2D eigenvalue weighted by Crippen LogP contribution is 2.33. The van der Waals surface area contributed by atoms with Gasteiger partial charge < -0.3 is 5.73 Å². The van der Waals surface area contributed by atoms with Crippen molar-refractivity contribution in [3.05, 3.63) is 56.7 Å². The van der Waals surface area contributed by atoms with Crippen molar-refractivity contribution in [3.63, 3.8) is 0 Å². The molecule has 2 rings (SSSR count). The summed E-state index contributed by atoms with van der Waals surface area (Å²) in [5.74, 6) is 0. The maximum absolute atomic E-state index is 6.44. The van der Waals surface area contributed by atoms with Gasteiger partial charge in [0.2, 0.25) is 0 Å². The Kier molecular flexibility index (Phi) is 6.42. The van der Waals surface area contributed by atoms with Crippen LogP contribution in [-0.4, -0.2) is 17.5 Å². The van der Waals surface area contributed by atoms with Crippen LogP contribution in [0.15, 0.2) is 46.3 Å². The Bertz CT molecular complexity index is 541. The minimum Gasteiger partial charge on any atom is -0.326 e. The Hall–Kier alpha value is -0.680. The average molecular weight is 367 g/mol. The zero-order valence-corrected chi connectivity index (χ0v) is 15.0. The van der Waals surface area contributed by atoms with E-state index in [1.807, 2.05) is 0 Å². The molecular weight excluding hydrogens is 344 g/mol. The Labute approximate surface area is 140 Å². The first kappa shape index (κ1) is 16.7. The maximum atomic E-state index is 6.44. The summed E-state index contributed by atoms with van der Waals surface area (Å²) >= 11 is 5.35. The molecule has 2 atom stereocenters. The van der Waals surface area contributed by atoms with E-state index < -0.39 is 0 Å². The van der Waals surface area contributed by atoms with Gasteiger partial charge in [-0.05, 0) is 40.5 Å². The molecule has 0 spiro atoms. The number of nitrogens with two attached hydrogens (primary N) is 1. The van der Waals surface area contributed by atoms with Crippen molar-refractivity contribution in [2.45, 2.75) is 38.9 Å². The fourth-order valence-electron chi connectivity index (χ4n) is 2.59. The van der Waals surface area contributed by atoms with E-state index in [1.165, 1.54) is 10.4 Å². The normalized spacial score (nSPS) is 14.3. The lowest BCUT2D eigenvalue weighted by molar-refractivity contribution is 0.172. The van der Waals surface area contributed by atoms with Crippen molar-refractivity contribution >= 4 is 27.3 Å². The number of nitrogens with zero attached hydrogens (tertiary/aromatic N) is 1. The van der Waals surface area contributed by atoms with Gasteiger partial charge >= 0.3 is 0 Å². The first-order valence-corrected chi connectivity index (χ1v) is 9.10. The van der Waals surface area contributed by atoms with Crippen molar-refractivity contribution in [3.8, 4) is 0 Å². The Balaban J connectivity index is 2.25. The molecule has 0 saturated carbocycles. The Morgan fingerprint density at radius 1 is 1.24 bits per heavy atom. The highest BCUT2D eigenvalue weighted by atomic mass is 79.9. The fourth-order valence-corrected chi connectivity index (χ4v) is 4.25. The predicted octanol–water partition coefficient (Wildman–Crippen LogP) is 4.81. The minimum absolute atomic E-state index is 0.152. The van der Waals surface area contributed by atoms with E-state index in [0.717, 1.165) is 24.0 Å². The topological polar surface area (TPSA) is 29.3 Å². The van der Waals surface area contributed by atoms with Gasteiger partial charge in [0.15, 0.2) is 0 Å². The van der Waals surface area contributed by atoms with Gasteiger partial charge in [0.1, 0.15) is 0 Å². The second-order valence-electron chi connectivity index (χ2n) is 5.23. The van der Waals surface area contributed by atoms with Gasteiger partial charge in [-0.3, -0.25) is 4.90 Å². The molecule has 0 aliphatic carbocycles. The molecule has 114 valence electrons. The molecule has 0 aliphatic heterocycles. The van der Waals surface area contributed by atoms with Crippen LogP contribution in [0.1, 0.15) is 36.8 Å². The summed E-state index contributed by atoms with van der Waals surface area (Å²) in [7, 11) is 0. The molecule has 4 heteroatoms. The smallest absolute Gasteiger partial charge is 0.0596 e. The zero-order valence-electron chi connectivity index (χ0n) is 12.6. The lowest BCUT2D eigenvalue weighted by Crippen LogP contribution is -2.40. The van der Waals surface area contributed by atoms with Crippen molar-refractivity contribution in [1.29, 1.82) is 0 Å². The number of hydrogen-bond donors (Lipinski definition) is 1. The standard InChI is InChI=1S/C17H23BrN2S/c1-3-15(19)17(16-10-14(18)12-21-16)20(4-2)11-13-8-6-5-7-9-13/h5-10,12,15,17H,3-4,11,19H2,1-2H3. The summed E-state index contributed by atoms with van der Waals surface area (Å²) in [6.45, 7) is 6.30. The number of halogens is 1. The number of benzene rings is 1. The molecular formula is C17H23BrN2S. The second-order valence-corrected chi connectivity index (χ2v) is 7.09. The van der Waals surface area contributed by atoms with E-state index in [1.54, 1.807) is 11.3 Å². The zero-order chi connectivity index (χ0) is 15.2. The van der Waals surface area contributed by atoms with E-state index in [2.05, 4.69) is 76.5 Å². The third-order valence-electron chi connectivity index (χ3n) is 3.78. The van der Waals surface area contributed by atoms with E-state index in [9.17, 15) is 0 Å². The lowest BCUT2D eigenvalue weighted by Gasteiger charge is -2.34. The van der Waals surface area contributed by atoms with Crippen LogP contribution in [-0.2, 0) is 6.54 Å². The van der Waals surface area contributed by atoms with Crippen molar-refractivity contribution < 1.29 is 0 Å². The summed E-state index contributed by atoms with van der Waals surface area (Å²) < 4.78 is 1.14. The minimum atomic E-state index is 0.152. The van der Waals surface area contributed by atoms with E-state index in [0.29, 0.717) is 0 Å². The molecule has 0 bridgehead atoms. The maximum Gasteiger partial charge on any atom is 0.0596 e. The van der Waals surface area contributed by atoms with Gasteiger partial charge in [-0.15, -0.1) is 11.3 Å². The van der Waals surface area contributed by atoms with E-state index in [-0.39, 0.29) is 12.1 Å². The Morgan fingerprint density at radius 2 is 1.95 bits per heavy atom. The molecule has 2 aromatic rings. The largest absolute Gasteiger partial charge is 0.326 e. The molecule has 2 N–H and O–H groups in total. The van der Waals surface area contributed by atoms with E-state index in [4.69, 9.17) is 5.73 Å². The molecule has 1 heterocycles. The fraction of sp³-hybridized carbons (Fsp3) is 0.412. The van der Waals surface area contributed by atoms with Gasteiger partial charge in [-0.25, -0.2) is 0 Å². The van der Waals surface area contributed by atoms with Gasteiger partial charge in [0, 0.05) is 27.3 Å². The highest BCUT2D eigenvalue weighted by molar-refractivity contribution is 9.10. The number of rotatable bonds is 7. The van der Waals surface area contributed by atoms with Gasteiger partial charge in [0.25, 0.3) is 0 Å². The predicted molar refractivity (Wildman–Crippen MR) is 95.6 cm³/mol. The molecule has 0 amide bonds. The second kappa shape index (κ2) is 8.08. The molecule has 2 nitrogen and oxygen atoms in total. The summed E-state index contributed by atoms with van der Waals surface area (Å²) in [4.78, 5) is 3.82. The Morgan fingerprint density at radius 3 is 2.48 bits per heavy atom. The van der Waals surface area contributed by atoms with E-state index >= 15 is 0 Å². The molecule has 1 aromatic carbocycles. The molecule has 0 aliphatic rings. The lowest BCUT2D eigenvalue weighted by atomic mass is 10.0. The van der Waals surface area contributed by atoms with Crippen LogP contribution < -0.4 is 5.73 Å². The van der Waals surface area contributed by atoms with Crippen molar-refractivity contribution in [1.82, 2.24) is 4.90 Å². The van der Waals surface area contributed by atoms with Crippen LogP contribution in [0.2, 0.25) is 0 Å². The summed E-state index contributed by atoms with van der Waals surface area (Å²) in [6, 6.07) is 13.3. The van der Waals surface area contributed by atoms with Gasteiger partial charge in [-0.2, -0.15) is 0 Å². The molecule has 0 radical (unpaired) electrons. The van der Waals surface area contributed by atoms with Crippen LogP contribution in [0.4, 0.5) is 0 Å². The summed E-state index contributed by atoms with van der Waals surface area (Å²) in [5, 5.41) is 2.14. The summed E-state index contributed by atoms with van der Waals surface area (Å²) in [6.07, 6.45) is 0.978. The van der Waals surface area contributed by atoms with Crippen LogP contribution >= 0.6 is 27.3 Å². The number of likely N-dealkylation sites (N-methyl/N-ethyl adjacent to an activating group) is 1. The van der Waals surface area contributed by atoms with Crippen LogP contribution in [0.25, 0.3) is 0 Å². The number of thiophene rings is 1. The average Bonchev–Trinajstić information content (AvgIpc) is 2.93. The SMILES string of the molecule is CCC(N)C(c1cc(Br)cs1)N(CC)Cc1ccccc1. The third kappa shape index (κ3) is 4.39. The molecule has 1 aromatic heterocycles. The molecule has 0 saturated heterocycles. The quantitative estimate of drug-likeness (QED) is 0.761. The molecule has 2 unspecified atom stereocenters. The van der Waals surface area contributed by atoms with Gasteiger partial charge in [-0.1, -0.05) is 44.2 Å². The highest BCUT2D eigenvalue weighted by Gasteiger charge is 2.26. The van der Waals surface area contributed by atoms with Crippen LogP contribution in [0, 0.1) is 0 Å². The van der Waals surface area contributed by atoms with Crippen LogP contribution in [0.3, 0.4) is 0 Å². The van der Waals surface area contributed by atoms with Crippen molar-refractivity contribution in [2.24, 2.45) is 5.73 Å².